The van der Waals surface area contributed by atoms with Crippen LogP contribution in [-0.4, -0.2) is 17.5 Å². The van der Waals surface area contributed by atoms with Crippen LogP contribution >= 0.6 is 0 Å². The molecule has 0 bridgehead atoms. The highest BCUT2D eigenvalue weighted by Gasteiger charge is 2.02. The molecule has 2 rings (SSSR count). The Morgan fingerprint density at radius 1 is 1.05 bits per heavy atom. The minimum Gasteiger partial charge on any atom is -0.516 e. The maximum atomic E-state index is 12.1. The van der Waals surface area contributed by atoms with Gasteiger partial charge in [-0.05, 0) is 42.0 Å². The largest absolute Gasteiger partial charge is 0.516 e. The van der Waals surface area contributed by atoms with Crippen molar-refractivity contribution < 1.29 is 14.6 Å². The summed E-state index contributed by atoms with van der Waals surface area (Å²) >= 11 is 0. The summed E-state index contributed by atoms with van der Waals surface area (Å²) < 4.78 is 5.48. The highest BCUT2D eigenvalue weighted by atomic mass is 16.5. The molecule has 22 heavy (non-hydrogen) atoms. The summed E-state index contributed by atoms with van der Waals surface area (Å²) in [7, 11) is 0. The Balaban J connectivity index is 1.92. The Hall–Kier alpha value is -2.81. The molecule has 0 fully saturated rings. The number of aliphatic hydroxyl groups excluding tert-OH is 1. The highest BCUT2D eigenvalue weighted by Crippen LogP contribution is 2.14. The molecule has 0 aliphatic carbocycles. The summed E-state index contributed by atoms with van der Waals surface area (Å²) in [5.74, 6) is 0.661. The van der Waals surface area contributed by atoms with Gasteiger partial charge in [-0.3, -0.25) is 4.79 Å². The van der Waals surface area contributed by atoms with E-state index >= 15 is 0 Å². The second-order valence-corrected chi connectivity index (χ2v) is 4.65. The van der Waals surface area contributed by atoms with Crippen molar-refractivity contribution in [3.63, 3.8) is 0 Å². The van der Waals surface area contributed by atoms with Gasteiger partial charge < -0.3 is 9.84 Å². The van der Waals surface area contributed by atoms with Crippen molar-refractivity contribution in [2.24, 2.45) is 0 Å². The lowest BCUT2D eigenvalue weighted by Crippen LogP contribution is -1.97. The minimum absolute atomic E-state index is 0.0429. The smallest absolute Gasteiger partial charge is 0.185 e. The van der Waals surface area contributed by atoms with Crippen molar-refractivity contribution in [3.05, 3.63) is 84.1 Å². The molecule has 0 saturated heterocycles. The van der Waals surface area contributed by atoms with E-state index in [2.05, 4.69) is 0 Å². The predicted octanol–water partition coefficient (Wildman–Crippen LogP) is 4.42. The molecule has 0 atom stereocenters. The van der Waals surface area contributed by atoms with E-state index in [1.165, 1.54) is 0 Å². The van der Waals surface area contributed by atoms with E-state index in [-0.39, 0.29) is 5.78 Å². The van der Waals surface area contributed by atoms with Gasteiger partial charge in [-0.1, -0.05) is 36.4 Å². The summed E-state index contributed by atoms with van der Waals surface area (Å²) in [6, 6.07) is 16.7. The fourth-order valence-electron chi connectivity index (χ4n) is 1.87. The second-order valence-electron chi connectivity index (χ2n) is 4.65. The quantitative estimate of drug-likeness (QED) is 0.356. The van der Waals surface area contributed by atoms with Gasteiger partial charge in [-0.2, -0.15) is 0 Å². The van der Waals surface area contributed by atoms with Crippen LogP contribution < -0.4 is 4.74 Å². The van der Waals surface area contributed by atoms with E-state index in [0.717, 1.165) is 11.8 Å². The number of ether oxygens (including phenoxy) is 1. The fraction of sp³-hybridized carbons (Fsp3) is 0.105. The summed E-state index contributed by atoms with van der Waals surface area (Å²) in [5.41, 5.74) is 1.61. The molecule has 3 nitrogen and oxygen atoms in total. The number of allylic oxidation sites excluding steroid dienone is 1. The first-order valence-corrected chi connectivity index (χ1v) is 7.09. The van der Waals surface area contributed by atoms with Gasteiger partial charge in [0.1, 0.15) is 5.75 Å². The summed E-state index contributed by atoms with van der Waals surface area (Å²) in [6.07, 6.45) is 6.62. The van der Waals surface area contributed by atoms with Crippen LogP contribution in [0, 0.1) is 0 Å². The maximum absolute atomic E-state index is 12.1. The SMILES string of the molecule is O=C(/C=C/c1ccccc1)c1ccc(OCCC=CO)cc1. The summed E-state index contributed by atoms with van der Waals surface area (Å²) in [6.45, 7) is 0.484. The molecule has 0 heterocycles. The van der Waals surface area contributed by atoms with E-state index in [4.69, 9.17) is 9.84 Å². The number of hydrogen-bond donors (Lipinski definition) is 1. The molecule has 0 unspecified atom stereocenters. The third-order valence-electron chi connectivity index (χ3n) is 3.02. The van der Waals surface area contributed by atoms with Crippen LogP contribution in [0.4, 0.5) is 0 Å². The molecule has 3 heteroatoms. The topological polar surface area (TPSA) is 46.5 Å². The molecule has 0 saturated carbocycles. The van der Waals surface area contributed by atoms with Gasteiger partial charge in [0.2, 0.25) is 0 Å². The van der Waals surface area contributed by atoms with Gasteiger partial charge in [-0.15, -0.1) is 0 Å². The van der Waals surface area contributed by atoms with Crippen LogP contribution in [0.5, 0.6) is 5.75 Å². The number of rotatable bonds is 7. The first-order chi connectivity index (χ1) is 10.8. The Kier molecular flexibility index (Phi) is 6.00. The number of carbonyl (C=O) groups excluding carboxylic acids is 1. The number of ketones is 1. The second kappa shape index (κ2) is 8.47. The standard InChI is InChI=1S/C19H18O3/c20-14-4-5-15-22-18-11-9-17(10-12-18)19(21)13-8-16-6-2-1-3-7-16/h1-4,6-14,20H,5,15H2/b13-8+,14-4?. The average molecular weight is 294 g/mol. The van der Waals surface area contributed by atoms with Crippen molar-refractivity contribution in [3.8, 4) is 5.75 Å². The zero-order valence-corrected chi connectivity index (χ0v) is 12.2. The number of aliphatic hydroxyl groups is 1. The molecule has 0 amide bonds. The maximum Gasteiger partial charge on any atom is 0.185 e. The van der Waals surface area contributed by atoms with Crippen LogP contribution in [0.15, 0.2) is 73.0 Å². The zero-order chi connectivity index (χ0) is 15.6. The monoisotopic (exact) mass is 294 g/mol. The van der Waals surface area contributed by atoms with Gasteiger partial charge in [-0.25, -0.2) is 0 Å². The molecule has 1 N–H and O–H groups in total. The zero-order valence-electron chi connectivity index (χ0n) is 12.2. The van der Waals surface area contributed by atoms with Crippen molar-refractivity contribution in [2.75, 3.05) is 6.61 Å². The van der Waals surface area contributed by atoms with Gasteiger partial charge in [0.15, 0.2) is 5.78 Å². The molecule has 112 valence electrons. The fourth-order valence-corrected chi connectivity index (χ4v) is 1.87. The number of hydrogen-bond acceptors (Lipinski definition) is 3. The predicted molar refractivity (Wildman–Crippen MR) is 88.1 cm³/mol. The minimum atomic E-state index is -0.0429. The first kappa shape index (κ1) is 15.6. The van der Waals surface area contributed by atoms with E-state index in [9.17, 15) is 4.79 Å². The van der Waals surface area contributed by atoms with E-state index in [1.54, 1.807) is 42.5 Å². The lowest BCUT2D eigenvalue weighted by Gasteiger charge is -2.04. The highest BCUT2D eigenvalue weighted by molar-refractivity contribution is 6.06. The van der Waals surface area contributed by atoms with Crippen LogP contribution in [-0.2, 0) is 0 Å². The molecule has 0 spiro atoms. The Morgan fingerprint density at radius 3 is 2.45 bits per heavy atom. The number of carbonyl (C=O) groups is 1. The Labute approximate surface area is 130 Å². The van der Waals surface area contributed by atoms with Crippen LogP contribution in [0.2, 0.25) is 0 Å². The average Bonchev–Trinajstić information content (AvgIpc) is 2.58. The van der Waals surface area contributed by atoms with Crippen LogP contribution in [0.25, 0.3) is 6.08 Å². The summed E-state index contributed by atoms with van der Waals surface area (Å²) in [4.78, 5) is 12.1. The molecular formula is C19H18O3. The van der Waals surface area contributed by atoms with Gasteiger partial charge in [0.05, 0.1) is 12.9 Å². The van der Waals surface area contributed by atoms with Crippen molar-refractivity contribution in [2.45, 2.75) is 6.42 Å². The lowest BCUT2D eigenvalue weighted by molar-refractivity contribution is 0.104. The summed E-state index contributed by atoms with van der Waals surface area (Å²) in [5, 5.41) is 8.51. The number of benzene rings is 2. The van der Waals surface area contributed by atoms with E-state index < -0.39 is 0 Å². The first-order valence-electron chi connectivity index (χ1n) is 7.09. The van der Waals surface area contributed by atoms with Gasteiger partial charge in [0, 0.05) is 12.0 Å². The van der Waals surface area contributed by atoms with Crippen LogP contribution in [0.3, 0.4) is 0 Å². The van der Waals surface area contributed by atoms with Gasteiger partial charge >= 0.3 is 0 Å². The molecule has 2 aromatic carbocycles. The van der Waals surface area contributed by atoms with Crippen molar-refractivity contribution in [1.82, 2.24) is 0 Å². The molecule has 0 aliphatic heterocycles. The Morgan fingerprint density at radius 2 is 1.77 bits per heavy atom. The Bertz CT molecular complexity index is 640. The third-order valence-corrected chi connectivity index (χ3v) is 3.02. The third kappa shape index (κ3) is 4.94. The normalized spacial score (nSPS) is 11.1. The van der Waals surface area contributed by atoms with E-state index in [0.29, 0.717) is 24.3 Å². The van der Waals surface area contributed by atoms with Gasteiger partial charge in [0.25, 0.3) is 0 Å². The molecule has 0 aliphatic rings. The van der Waals surface area contributed by atoms with Crippen molar-refractivity contribution >= 4 is 11.9 Å². The molecular weight excluding hydrogens is 276 g/mol. The molecule has 0 aromatic heterocycles. The molecule has 0 radical (unpaired) electrons. The van der Waals surface area contributed by atoms with Crippen LogP contribution in [0.1, 0.15) is 22.3 Å². The molecule has 2 aromatic rings. The van der Waals surface area contributed by atoms with Crippen molar-refractivity contribution in [1.29, 1.82) is 0 Å². The van der Waals surface area contributed by atoms with E-state index in [1.807, 2.05) is 30.3 Å². The lowest BCUT2D eigenvalue weighted by atomic mass is 10.1.